The number of anilines is 1. The quantitative estimate of drug-likeness (QED) is 0.867. The lowest BCUT2D eigenvalue weighted by Crippen LogP contribution is -2.27. The molecule has 0 saturated carbocycles. The number of carbonyl (C=O) groups is 1. The molecule has 0 heterocycles. The number of hydrogen-bond donors (Lipinski definition) is 1. The van der Waals surface area contributed by atoms with Crippen LogP contribution in [-0.2, 0) is 6.54 Å². The van der Waals surface area contributed by atoms with Crippen LogP contribution in [0.2, 0.25) is 10.0 Å². The topological polar surface area (TPSA) is 46.3 Å². The summed E-state index contributed by atoms with van der Waals surface area (Å²) in [4.78, 5) is 13.6. The van der Waals surface area contributed by atoms with Crippen LogP contribution >= 0.6 is 23.2 Å². The monoisotopic (exact) mass is 326 g/mol. The second-order valence-electron chi connectivity index (χ2n) is 4.65. The lowest BCUT2D eigenvalue weighted by Gasteiger charge is -2.18. The third kappa shape index (κ3) is 3.65. The van der Waals surface area contributed by atoms with E-state index < -0.39 is 11.7 Å². The highest BCUT2D eigenvalue weighted by Gasteiger charge is 2.17. The molecule has 2 aromatic rings. The zero-order valence-electron chi connectivity index (χ0n) is 11.2. The third-order valence-electron chi connectivity index (χ3n) is 2.97. The minimum Gasteiger partial charge on any atom is -0.399 e. The minimum atomic E-state index is -0.602. The zero-order valence-corrected chi connectivity index (χ0v) is 12.7. The molecule has 0 bridgehead atoms. The predicted molar refractivity (Wildman–Crippen MR) is 83.1 cm³/mol. The Bertz CT molecular complexity index is 691. The van der Waals surface area contributed by atoms with Crippen molar-refractivity contribution < 1.29 is 9.18 Å². The van der Waals surface area contributed by atoms with Gasteiger partial charge in [-0.15, -0.1) is 0 Å². The fraction of sp³-hybridized carbons (Fsp3) is 0.133. The Morgan fingerprint density at radius 1 is 1.19 bits per heavy atom. The van der Waals surface area contributed by atoms with Gasteiger partial charge in [-0.2, -0.15) is 0 Å². The van der Waals surface area contributed by atoms with E-state index in [1.165, 1.54) is 23.1 Å². The Labute approximate surface area is 132 Å². The second kappa shape index (κ2) is 6.33. The maximum atomic E-state index is 13.7. The number of carbonyl (C=O) groups excluding carboxylic acids is 1. The van der Waals surface area contributed by atoms with Crippen molar-refractivity contribution in [1.82, 2.24) is 4.90 Å². The van der Waals surface area contributed by atoms with E-state index >= 15 is 0 Å². The van der Waals surface area contributed by atoms with Gasteiger partial charge < -0.3 is 10.6 Å². The molecule has 21 heavy (non-hydrogen) atoms. The molecule has 110 valence electrons. The van der Waals surface area contributed by atoms with Crippen LogP contribution in [0, 0.1) is 5.82 Å². The molecule has 0 atom stereocenters. The average Bonchev–Trinajstić information content (AvgIpc) is 2.44. The van der Waals surface area contributed by atoms with Gasteiger partial charge in [-0.05, 0) is 35.9 Å². The maximum Gasteiger partial charge on any atom is 0.256 e. The number of rotatable bonds is 3. The molecule has 6 heteroatoms. The summed E-state index contributed by atoms with van der Waals surface area (Å²) in [5.41, 5.74) is 6.66. The van der Waals surface area contributed by atoms with E-state index in [9.17, 15) is 9.18 Å². The van der Waals surface area contributed by atoms with Gasteiger partial charge in [0.2, 0.25) is 0 Å². The fourth-order valence-corrected chi connectivity index (χ4v) is 2.22. The first kappa shape index (κ1) is 15.6. The van der Waals surface area contributed by atoms with E-state index in [4.69, 9.17) is 28.9 Å². The lowest BCUT2D eigenvalue weighted by molar-refractivity contribution is 0.0780. The fourth-order valence-electron chi connectivity index (χ4n) is 1.90. The Kier molecular flexibility index (Phi) is 4.70. The molecule has 0 unspecified atom stereocenters. The van der Waals surface area contributed by atoms with Crippen molar-refractivity contribution in [2.45, 2.75) is 6.54 Å². The molecule has 0 aliphatic heterocycles. The maximum absolute atomic E-state index is 13.7. The van der Waals surface area contributed by atoms with Crippen LogP contribution in [0.1, 0.15) is 15.9 Å². The van der Waals surface area contributed by atoms with Crippen LogP contribution in [0.3, 0.4) is 0 Å². The van der Waals surface area contributed by atoms with E-state index in [1.54, 1.807) is 25.2 Å². The first-order valence-corrected chi connectivity index (χ1v) is 6.88. The largest absolute Gasteiger partial charge is 0.399 e. The van der Waals surface area contributed by atoms with E-state index in [1.807, 2.05) is 0 Å². The summed E-state index contributed by atoms with van der Waals surface area (Å²) in [6.07, 6.45) is 0. The van der Waals surface area contributed by atoms with E-state index in [2.05, 4.69) is 0 Å². The van der Waals surface area contributed by atoms with E-state index in [0.29, 0.717) is 15.7 Å². The van der Waals surface area contributed by atoms with Gasteiger partial charge in [0.25, 0.3) is 5.91 Å². The van der Waals surface area contributed by atoms with Crippen LogP contribution in [0.15, 0.2) is 36.4 Å². The van der Waals surface area contributed by atoms with Gasteiger partial charge in [0.05, 0.1) is 15.6 Å². The van der Waals surface area contributed by atoms with Gasteiger partial charge in [0.15, 0.2) is 0 Å². The van der Waals surface area contributed by atoms with Crippen molar-refractivity contribution in [2.75, 3.05) is 12.8 Å². The SMILES string of the molecule is CN(Cc1ccc(Cl)c(Cl)c1)C(=O)c1cc(N)ccc1F. The van der Waals surface area contributed by atoms with E-state index in [-0.39, 0.29) is 12.1 Å². The summed E-state index contributed by atoms with van der Waals surface area (Å²) in [6, 6.07) is 8.99. The van der Waals surface area contributed by atoms with Crippen LogP contribution in [0.25, 0.3) is 0 Å². The van der Waals surface area contributed by atoms with Crippen LogP contribution in [0.4, 0.5) is 10.1 Å². The van der Waals surface area contributed by atoms with Crippen molar-refractivity contribution >= 4 is 34.8 Å². The zero-order chi connectivity index (χ0) is 15.6. The van der Waals surface area contributed by atoms with Crippen LogP contribution in [0.5, 0.6) is 0 Å². The molecule has 2 rings (SSSR count). The van der Waals surface area contributed by atoms with Gasteiger partial charge in [0.1, 0.15) is 5.82 Å². The molecule has 0 aliphatic carbocycles. The molecule has 0 aromatic heterocycles. The summed E-state index contributed by atoms with van der Waals surface area (Å²) in [7, 11) is 1.58. The Balaban J connectivity index is 2.19. The number of hydrogen-bond acceptors (Lipinski definition) is 2. The van der Waals surface area contributed by atoms with Gasteiger partial charge >= 0.3 is 0 Å². The molecule has 2 N–H and O–H groups in total. The summed E-state index contributed by atoms with van der Waals surface area (Å²) >= 11 is 11.8. The van der Waals surface area contributed by atoms with Gasteiger partial charge in [-0.25, -0.2) is 4.39 Å². The van der Waals surface area contributed by atoms with Gasteiger partial charge in [-0.3, -0.25) is 4.79 Å². The number of nitrogens with two attached hydrogens (primary N) is 1. The van der Waals surface area contributed by atoms with Gasteiger partial charge in [0, 0.05) is 19.3 Å². The number of nitrogens with zero attached hydrogens (tertiary/aromatic N) is 1. The molecule has 0 radical (unpaired) electrons. The number of benzene rings is 2. The number of amides is 1. The van der Waals surface area contributed by atoms with Crippen molar-refractivity contribution in [3.63, 3.8) is 0 Å². The normalized spacial score (nSPS) is 10.5. The van der Waals surface area contributed by atoms with Crippen molar-refractivity contribution in [1.29, 1.82) is 0 Å². The standard InChI is InChI=1S/C15H13Cl2FN2O/c1-20(8-9-2-4-12(16)13(17)6-9)15(21)11-7-10(19)3-5-14(11)18/h2-7H,8,19H2,1H3. The smallest absolute Gasteiger partial charge is 0.256 e. The lowest BCUT2D eigenvalue weighted by atomic mass is 10.1. The Morgan fingerprint density at radius 3 is 2.57 bits per heavy atom. The number of halogens is 3. The van der Waals surface area contributed by atoms with Crippen LogP contribution < -0.4 is 5.73 Å². The highest BCUT2D eigenvalue weighted by molar-refractivity contribution is 6.42. The summed E-state index contributed by atoms with van der Waals surface area (Å²) in [5, 5.41) is 0.849. The Hall–Kier alpha value is -1.78. The highest BCUT2D eigenvalue weighted by Crippen LogP contribution is 2.23. The molecule has 0 aliphatic rings. The first-order valence-electron chi connectivity index (χ1n) is 6.13. The van der Waals surface area contributed by atoms with Crippen molar-refractivity contribution in [2.24, 2.45) is 0 Å². The Morgan fingerprint density at radius 2 is 1.90 bits per heavy atom. The van der Waals surface area contributed by atoms with Crippen molar-refractivity contribution in [3.8, 4) is 0 Å². The third-order valence-corrected chi connectivity index (χ3v) is 3.71. The molecule has 0 fully saturated rings. The molecular formula is C15H13Cl2FN2O. The first-order chi connectivity index (χ1) is 9.88. The molecule has 2 aromatic carbocycles. The average molecular weight is 327 g/mol. The summed E-state index contributed by atoms with van der Waals surface area (Å²) in [5.74, 6) is -1.05. The van der Waals surface area contributed by atoms with Crippen molar-refractivity contribution in [3.05, 3.63) is 63.4 Å². The molecular weight excluding hydrogens is 314 g/mol. The van der Waals surface area contributed by atoms with E-state index in [0.717, 1.165) is 5.56 Å². The summed E-state index contributed by atoms with van der Waals surface area (Å²) in [6.45, 7) is 0.282. The number of nitrogen functional groups attached to an aromatic ring is 1. The highest BCUT2D eigenvalue weighted by atomic mass is 35.5. The molecule has 3 nitrogen and oxygen atoms in total. The molecule has 0 spiro atoms. The second-order valence-corrected chi connectivity index (χ2v) is 5.46. The summed E-state index contributed by atoms with van der Waals surface area (Å²) < 4.78 is 13.7. The molecule has 1 amide bonds. The minimum absolute atomic E-state index is 0.0578. The van der Waals surface area contributed by atoms with Gasteiger partial charge in [-0.1, -0.05) is 29.3 Å². The van der Waals surface area contributed by atoms with Crippen LogP contribution in [-0.4, -0.2) is 17.9 Å². The molecule has 0 saturated heterocycles. The predicted octanol–water partition coefficient (Wildman–Crippen LogP) is 3.99.